The number of carbonyl (C=O) groups is 1. The van der Waals surface area contributed by atoms with Crippen molar-refractivity contribution in [2.24, 2.45) is 7.05 Å². The van der Waals surface area contributed by atoms with Crippen molar-refractivity contribution in [3.63, 3.8) is 0 Å². The van der Waals surface area contributed by atoms with Crippen molar-refractivity contribution in [1.82, 2.24) is 14.8 Å². The van der Waals surface area contributed by atoms with E-state index in [-0.39, 0.29) is 11.7 Å². The molecule has 1 aliphatic heterocycles. The van der Waals surface area contributed by atoms with E-state index in [0.717, 1.165) is 33.6 Å². The summed E-state index contributed by atoms with van der Waals surface area (Å²) in [5.41, 5.74) is 7.89. The Bertz CT molecular complexity index is 1440. The number of aromatic amines is 1. The molecule has 2 aromatic heterocycles. The summed E-state index contributed by atoms with van der Waals surface area (Å²) < 4.78 is 21.8. The quantitative estimate of drug-likeness (QED) is 0.419. The van der Waals surface area contributed by atoms with Crippen LogP contribution in [0.15, 0.2) is 48.8 Å². The van der Waals surface area contributed by atoms with Gasteiger partial charge < -0.3 is 15.0 Å². The molecule has 7 heteroatoms. The fourth-order valence-electron chi connectivity index (χ4n) is 4.49. The molecule has 2 N–H and O–H groups in total. The van der Waals surface area contributed by atoms with E-state index in [1.807, 2.05) is 45.4 Å². The van der Waals surface area contributed by atoms with Crippen LogP contribution in [0.4, 0.5) is 10.1 Å². The molecule has 3 heterocycles. The summed E-state index contributed by atoms with van der Waals surface area (Å²) in [6.07, 6.45) is 5.64. The summed E-state index contributed by atoms with van der Waals surface area (Å²) in [6.45, 7) is 4.02. The van der Waals surface area contributed by atoms with Crippen molar-refractivity contribution in [3.05, 3.63) is 77.1 Å². The molecule has 166 valence electrons. The zero-order valence-electron chi connectivity index (χ0n) is 18.8. The van der Waals surface area contributed by atoms with Crippen LogP contribution in [-0.2, 0) is 11.8 Å². The Morgan fingerprint density at radius 1 is 1.12 bits per heavy atom. The van der Waals surface area contributed by atoms with Gasteiger partial charge in [-0.05, 0) is 55.3 Å². The van der Waals surface area contributed by atoms with Crippen LogP contribution in [0.3, 0.4) is 0 Å². The molecule has 5 rings (SSSR count). The highest BCUT2D eigenvalue weighted by Gasteiger charge is 2.26. The highest BCUT2D eigenvalue weighted by molar-refractivity contribution is 6.35. The molecule has 33 heavy (non-hydrogen) atoms. The number of carbonyl (C=O) groups excluding carboxylic acids is 1. The molecule has 1 amide bonds. The summed E-state index contributed by atoms with van der Waals surface area (Å²) in [6, 6.07) is 10.1. The second-order valence-corrected chi connectivity index (χ2v) is 8.16. The lowest BCUT2D eigenvalue weighted by atomic mass is 9.97. The van der Waals surface area contributed by atoms with Gasteiger partial charge in [0.1, 0.15) is 11.6 Å². The van der Waals surface area contributed by atoms with E-state index >= 15 is 0 Å². The lowest BCUT2D eigenvalue weighted by Crippen LogP contribution is -2.03. The monoisotopic (exact) mass is 442 g/mol. The molecular weight excluding hydrogens is 419 g/mol. The van der Waals surface area contributed by atoms with Crippen LogP contribution >= 0.6 is 0 Å². The van der Waals surface area contributed by atoms with Gasteiger partial charge in [-0.2, -0.15) is 5.10 Å². The summed E-state index contributed by atoms with van der Waals surface area (Å²) >= 11 is 0. The predicted octanol–water partition coefficient (Wildman–Crippen LogP) is 5.34. The van der Waals surface area contributed by atoms with E-state index in [2.05, 4.69) is 15.4 Å². The Kier molecular flexibility index (Phi) is 4.89. The summed E-state index contributed by atoms with van der Waals surface area (Å²) in [7, 11) is 3.39. The Morgan fingerprint density at radius 3 is 2.67 bits per heavy atom. The van der Waals surface area contributed by atoms with Crippen molar-refractivity contribution < 1.29 is 13.9 Å². The lowest BCUT2D eigenvalue weighted by molar-refractivity contribution is -0.110. The molecule has 0 bridgehead atoms. The minimum atomic E-state index is -0.380. The first-order valence-corrected chi connectivity index (χ1v) is 10.6. The number of hydrogen-bond donors (Lipinski definition) is 2. The maximum absolute atomic E-state index is 14.7. The number of nitrogens with zero attached hydrogens (tertiary/aromatic N) is 2. The molecule has 0 unspecified atom stereocenters. The number of rotatable bonds is 4. The van der Waals surface area contributed by atoms with E-state index in [1.54, 1.807) is 28.9 Å². The second-order valence-electron chi connectivity index (χ2n) is 8.16. The number of amides is 1. The standard InChI is InChI=1S/C26H23FN4O2/c1-14-22(29-15(2)24(14)17-12-28-31(3)13-17)11-19-18-10-16(8-9-21(18)30-26(19)32)25-20(27)6-5-7-23(25)33-4/h5-13,29H,1-4H3,(H,30,32)/b19-11-. The maximum atomic E-state index is 14.7. The van der Waals surface area contributed by atoms with Gasteiger partial charge in [-0.3, -0.25) is 9.48 Å². The van der Waals surface area contributed by atoms with Gasteiger partial charge in [0, 0.05) is 47.0 Å². The fraction of sp³-hybridized carbons (Fsp3) is 0.154. The normalized spacial score (nSPS) is 14.0. The van der Waals surface area contributed by atoms with Crippen molar-refractivity contribution in [2.75, 3.05) is 12.4 Å². The van der Waals surface area contributed by atoms with Crippen molar-refractivity contribution in [2.45, 2.75) is 13.8 Å². The molecule has 0 saturated carbocycles. The second kappa shape index (κ2) is 7.78. The highest BCUT2D eigenvalue weighted by Crippen LogP contribution is 2.40. The number of nitrogens with one attached hydrogen (secondary N) is 2. The minimum Gasteiger partial charge on any atom is -0.496 e. The Morgan fingerprint density at radius 2 is 1.94 bits per heavy atom. The van der Waals surface area contributed by atoms with Gasteiger partial charge in [-0.25, -0.2) is 4.39 Å². The van der Waals surface area contributed by atoms with Crippen molar-refractivity contribution >= 4 is 23.2 Å². The maximum Gasteiger partial charge on any atom is 0.256 e. The number of halogens is 1. The number of fused-ring (bicyclic) bond motifs is 1. The van der Waals surface area contributed by atoms with Gasteiger partial charge in [0.25, 0.3) is 5.91 Å². The number of ether oxygens (including phenoxy) is 1. The largest absolute Gasteiger partial charge is 0.496 e. The average Bonchev–Trinajstić information content (AvgIpc) is 3.43. The third kappa shape index (κ3) is 3.42. The fourth-order valence-corrected chi connectivity index (χ4v) is 4.49. The molecule has 0 fully saturated rings. The van der Waals surface area contributed by atoms with Gasteiger partial charge in [-0.1, -0.05) is 12.1 Å². The molecule has 0 radical (unpaired) electrons. The molecular formula is C26H23FN4O2. The van der Waals surface area contributed by atoms with Crippen LogP contribution in [-0.4, -0.2) is 27.8 Å². The molecule has 0 spiro atoms. The summed E-state index contributed by atoms with van der Waals surface area (Å²) in [5, 5.41) is 7.18. The molecule has 0 atom stereocenters. The number of anilines is 1. The van der Waals surface area contributed by atoms with Crippen LogP contribution in [0.1, 0.15) is 22.5 Å². The number of H-pyrrole nitrogens is 1. The SMILES string of the molecule is COc1cccc(F)c1-c1ccc2c(c1)/C(=C/c1[nH]c(C)c(-c3cnn(C)c3)c1C)C(=O)N2. The molecule has 2 aromatic carbocycles. The number of hydrogen-bond acceptors (Lipinski definition) is 3. The van der Waals surface area contributed by atoms with Crippen LogP contribution < -0.4 is 10.1 Å². The lowest BCUT2D eigenvalue weighted by Gasteiger charge is -2.11. The zero-order chi connectivity index (χ0) is 23.3. The van der Waals surface area contributed by atoms with E-state index in [0.29, 0.717) is 28.1 Å². The first-order chi connectivity index (χ1) is 15.9. The van der Waals surface area contributed by atoms with Crippen LogP contribution in [0.25, 0.3) is 33.9 Å². The first kappa shape index (κ1) is 20.8. The first-order valence-electron chi connectivity index (χ1n) is 10.6. The van der Waals surface area contributed by atoms with Gasteiger partial charge in [0.15, 0.2) is 0 Å². The minimum absolute atomic E-state index is 0.197. The highest BCUT2D eigenvalue weighted by atomic mass is 19.1. The zero-order valence-corrected chi connectivity index (χ0v) is 18.8. The van der Waals surface area contributed by atoms with Crippen molar-refractivity contribution in [1.29, 1.82) is 0 Å². The molecule has 4 aromatic rings. The van der Waals surface area contributed by atoms with E-state index in [9.17, 15) is 9.18 Å². The number of benzene rings is 2. The van der Waals surface area contributed by atoms with Gasteiger partial charge in [0.05, 0.1) is 24.4 Å². The molecule has 0 saturated heterocycles. The van der Waals surface area contributed by atoms with E-state index < -0.39 is 0 Å². The third-order valence-corrected chi connectivity index (χ3v) is 6.04. The van der Waals surface area contributed by atoms with Gasteiger partial charge in [-0.15, -0.1) is 0 Å². The molecule has 0 aliphatic carbocycles. The van der Waals surface area contributed by atoms with E-state index in [1.165, 1.54) is 13.2 Å². The average molecular weight is 442 g/mol. The van der Waals surface area contributed by atoms with Crippen LogP contribution in [0.2, 0.25) is 0 Å². The van der Waals surface area contributed by atoms with Crippen LogP contribution in [0, 0.1) is 19.7 Å². The topological polar surface area (TPSA) is 71.9 Å². The third-order valence-electron chi connectivity index (χ3n) is 6.04. The molecule has 1 aliphatic rings. The van der Waals surface area contributed by atoms with Crippen LogP contribution in [0.5, 0.6) is 5.75 Å². The van der Waals surface area contributed by atoms with Gasteiger partial charge >= 0.3 is 0 Å². The smallest absolute Gasteiger partial charge is 0.256 e. The molecule has 6 nitrogen and oxygen atoms in total. The Labute approximate surface area is 190 Å². The Balaban J connectivity index is 1.62. The van der Waals surface area contributed by atoms with E-state index in [4.69, 9.17) is 4.74 Å². The summed E-state index contributed by atoms with van der Waals surface area (Å²) in [5.74, 6) is -0.138. The Hall–Kier alpha value is -4.13. The van der Waals surface area contributed by atoms with Crippen molar-refractivity contribution in [3.8, 4) is 28.0 Å². The number of methoxy groups -OCH3 is 1. The van der Waals surface area contributed by atoms with Gasteiger partial charge in [0.2, 0.25) is 0 Å². The summed E-state index contributed by atoms with van der Waals surface area (Å²) in [4.78, 5) is 16.2. The predicted molar refractivity (Wildman–Crippen MR) is 127 cm³/mol. The number of aryl methyl sites for hydroxylation is 2. The number of aromatic nitrogens is 3.